The van der Waals surface area contributed by atoms with Gasteiger partial charge in [-0.05, 0) is 31.0 Å². The zero-order valence-electron chi connectivity index (χ0n) is 10.6. The third kappa shape index (κ3) is 3.03. The molecule has 0 aliphatic carbocycles. The topological polar surface area (TPSA) is 87.7 Å². The van der Waals surface area contributed by atoms with E-state index in [-0.39, 0.29) is 17.5 Å². The number of carboxylic acids is 1. The molecule has 0 radical (unpaired) electrons. The summed E-state index contributed by atoms with van der Waals surface area (Å²) < 4.78 is 4.95. The number of hydrogen-bond acceptors (Lipinski definition) is 4. The lowest BCUT2D eigenvalue weighted by Gasteiger charge is -2.27. The van der Waals surface area contributed by atoms with Crippen LogP contribution in [-0.4, -0.2) is 36.7 Å². The third-order valence-electron chi connectivity index (χ3n) is 3.01. The Labute approximate surface area is 110 Å². The van der Waals surface area contributed by atoms with Gasteiger partial charge in [0, 0.05) is 13.7 Å². The second-order valence-electron chi connectivity index (χ2n) is 4.39. The average molecular weight is 264 g/mol. The van der Waals surface area contributed by atoms with Crippen molar-refractivity contribution >= 4 is 23.3 Å². The maximum atomic E-state index is 11.8. The lowest BCUT2D eigenvalue weighted by Crippen LogP contribution is -2.39. The van der Waals surface area contributed by atoms with Crippen molar-refractivity contribution < 1.29 is 19.4 Å². The average Bonchev–Trinajstić information content (AvgIpc) is 2.39. The molecule has 102 valence electrons. The number of carboxylic acid groups (broad SMARTS) is 1. The van der Waals surface area contributed by atoms with Crippen molar-refractivity contribution in [3.8, 4) is 0 Å². The summed E-state index contributed by atoms with van der Waals surface area (Å²) in [5.41, 5.74) is 1.44. The molecule has 6 heteroatoms. The largest absolute Gasteiger partial charge is 0.478 e. The van der Waals surface area contributed by atoms with Crippen molar-refractivity contribution in [1.82, 2.24) is 0 Å². The van der Waals surface area contributed by atoms with Gasteiger partial charge in [0.1, 0.15) is 6.04 Å². The Bertz CT molecular complexity index is 501. The van der Waals surface area contributed by atoms with Gasteiger partial charge < -0.3 is 20.5 Å². The van der Waals surface area contributed by atoms with Gasteiger partial charge in [0.2, 0.25) is 5.91 Å². The van der Waals surface area contributed by atoms with E-state index in [1.54, 1.807) is 13.2 Å². The van der Waals surface area contributed by atoms with E-state index >= 15 is 0 Å². The normalized spacial score (nSPS) is 17.3. The van der Waals surface area contributed by atoms with Crippen LogP contribution in [0.5, 0.6) is 0 Å². The summed E-state index contributed by atoms with van der Waals surface area (Å²) in [6, 6.07) is 4.23. The molecule has 6 nitrogen and oxygen atoms in total. The molecular formula is C13H16N2O4. The van der Waals surface area contributed by atoms with Crippen LogP contribution in [0.4, 0.5) is 11.4 Å². The minimum atomic E-state index is -0.988. The van der Waals surface area contributed by atoms with Crippen molar-refractivity contribution in [3.05, 3.63) is 23.8 Å². The van der Waals surface area contributed by atoms with E-state index in [0.29, 0.717) is 24.4 Å². The maximum absolute atomic E-state index is 11.8. The number of carbonyl (C=O) groups is 2. The molecule has 19 heavy (non-hydrogen) atoms. The number of methoxy groups -OCH3 is 1. The van der Waals surface area contributed by atoms with Crippen LogP contribution >= 0.6 is 0 Å². The van der Waals surface area contributed by atoms with Crippen LogP contribution in [0.2, 0.25) is 0 Å². The predicted molar refractivity (Wildman–Crippen MR) is 70.6 cm³/mol. The van der Waals surface area contributed by atoms with Crippen LogP contribution < -0.4 is 10.6 Å². The van der Waals surface area contributed by atoms with Gasteiger partial charge in [0.25, 0.3) is 0 Å². The summed E-state index contributed by atoms with van der Waals surface area (Å²) >= 11 is 0. The Morgan fingerprint density at radius 3 is 2.89 bits per heavy atom. The zero-order valence-corrected chi connectivity index (χ0v) is 10.6. The molecule has 0 aromatic heterocycles. The van der Waals surface area contributed by atoms with E-state index in [9.17, 15) is 9.59 Å². The molecule has 0 saturated carbocycles. The first kappa shape index (κ1) is 13.4. The van der Waals surface area contributed by atoms with Crippen LogP contribution in [0.1, 0.15) is 23.2 Å². The molecule has 3 N–H and O–H groups in total. The van der Waals surface area contributed by atoms with Gasteiger partial charge in [-0.3, -0.25) is 4.79 Å². The summed E-state index contributed by atoms with van der Waals surface area (Å²) in [4.78, 5) is 22.8. The lowest BCUT2D eigenvalue weighted by molar-refractivity contribution is -0.117. The second kappa shape index (κ2) is 5.71. The number of ether oxygens (including phenoxy) is 1. The van der Waals surface area contributed by atoms with Gasteiger partial charge in [0.05, 0.1) is 16.9 Å². The van der Waals surface area contributed by atoms with E-state index in [0.717, 1.165) is 6.42 Å². The molecule has 0 spiro atoms. The molecule has 0 fully saturated rings. The first-order chi connectivity index (χ1) is 9.11. The van der Waals surface area contributed by atoms with Gasteiger partial charge in [-0.15, -0.1) is 0 Å². The third-order valence-corrected chi connectivity index (χ3v) is 3.01. The van der Waals surface area contributed by atoms with E-state index in [4.69, 9.17) is 9.84 Å². The molecule has 1 aromatic carbocycles. The molecule has 1 amide bonds. The summed E-state index contributed by atoms with van der Waals surface area (Å²) in [5.74, 6) is -1.09. The Kier molecular flexibility index (Phi) is 4.01. The standard InChI is InChI=1S/C13H16N2O4/c1-19-6-2-3-10-12(16)15-9-5-4-8(13(17)18)7-11(9)14-10/h4-5,7,10,14H,2-3,6H2,1H3,(H,15,16)(H,17,18). The highest BCUT2D eigenvalue weighted by molar-refractivity contribution is 6.04. The van der Waals surface area contributed by atoms with E-state index in [1.807, 2.05) is 0 Å². The monoisotopic (exact) mass is 264 g/mol. The molecule has 1 aliphatic heterocycles. The zero-order chi connectivity index (χ0) is 13.8. The summed E-state index contributed by atoms with van der Waals surface area (Å²) in [7, 11) is 1.61. The first-order valence-corrected chi connectivity index (χ1v) is 6.05. The molecule has 1 aromatic rings. The number of nitrogens with one attached hydrogen (secondary N) is 2. The van der Waals surface area contributed by atoms with Crippen LogP contribution in [0.3, 0.4) is 0 Å². The lowest BCUT2D eigenvalue weighted by atomic mass is 10.1. The fourth-order valence-electron chi connectivity index (χ4n) is 2.01. The number of fused-ring (bicyclic) bond motifs is 1. The smallest absolute Gasteiger partial charge is 0.335 e. The number of amides is 1. The quantitative estimate of drug-likeness (QED) is 0.702. The van der Waals surface area contributed by atoms with Crippen molar-refractivity contribution in [1.29, 1.82) is 0 Å². The molecule has 2 rings (SSSR count). The van der Waals surface area contributed by atoms with E-state index in [1.165, 1.54) is 12.1 Å². The minimum Gasteiger partial charge on any atom is -0.478 e. The molecule has 1 atom stereocenters. The number of anilines is 2. The Balaban J connectivity index is 2.13. The predicted octanol–water partition coefficient (Wildman–Crippen LogP) is 1.54. The van der Waals surface area contributed by atoms with Gasteiger partial charge in [-0.1, -0.05) is 0 Å². The molecular weight excluding hydrogens is 248 g/mol. The van der Waals surface area contributed by atoms with E-state index in [2.05, 4.69) is 10.6 Å². The summed E-state index contributed by atoms with van der Waals surface area (Å²) in [6.45, 7) is 0.591. The second-order valence-corrected chi connectivity index (χ2v) is 4.39. The van der Waals surface area contributed by atoms with Crippen LogP contribution in [0.25, 0.3) is 0 Å². The SMILES string of the molecule is COCCCC1Nc2cc(C(=O)O)ccc2NC1=O. The number of aromatic carboxylic acids is 1. The molecule has 1 unspecified atom stereocenters. The van der Waals surface area contributed by atoms with Crippen molar-refractivity contribution in [2.75, 3.05) is 24.4 Å². The molecule has 0 bridgehead atoms. The summed E-state index contributed by atoms with van der Waals surface area (Å²) in [6.07, 6.45) is 1.39. The maximum Gasteiger partial charge on any atom is 0.335 e. The van der Waals surface area contributed by atoms with Gasteiger partial charge in [-0.2, -0.15) is 0 Å². The number of rotatable bonds is 5. The van der Waals surface area contributed by atoms with Gasteiger partial charge in [0.15, 0.2) is 0 Å². The van der Waals surface area contributed by atoms with Crippen molar-refractivity contribution in [2.24, 2.45) is 0 Å². The Hall–Kier alpha value is -2.08. The molecule has 1 aliphatic rings. The van der Waals surface area contributed by atoms with Gasteiger partial charge in [-0.25, -0.2) is 4.79 Å². The number of benzene rings is 1. The number of carbonyl (C=O) groups excluding carboxylic acids is 1. The fourth-order valence-corrected chi connectivity index (χ4v) is 2.01. The first-order valence-electron chi connectivity index (χ1n) is 6.05. The highest BCUT2D eigenvalue weighted by Crippen LogP contribution is 2.28. The number of hydrogen-bond donors (Lipinski definition) is 3. The van der Waals surface area contributed by atoms with Crippen molar-refractivity contribution in [2.45, 2.75) is 18.9 Å². The minimum absolute atomic E-state index is 0.105. The van der Waals surface area contributed by atoms with Crippen molar-refractivity contribution in [3.63, 3.8) is 0 Å². The van der Waals surface area contributed by atoms with Crippen LogP contribution in [0.15, 0.2) is 18.2 Å². The Morgan fingerprint density at radius 2 is 2.21 bits per heavy atom. The summed E-state index contributed by atoms with van der Waals surface area (Å²) in [5, 5.41) is 14.8. The molecule has 0 saturated heterocycles. The fraction of sp³-hybridized carbons (Fsp3) is 0.385. The Morgan fingerprint density at radius 1 is 1.42 bits per heavy atom. The van der Waals surface area contributed by atoms with Crippen LogP contribution in [-0.2, 0) is 9.53 Å². The van der Waals surface area contributed by atoms with Gasteiger partial charge >= 0.3 is 5.97 Å². The highest BCUT2D eigenvalue weighted by Gasteiger charge is 2.25. The highest BCUT2D eigenvalue weighted by atomic mass is 16.5. The molecule has 1 heterocycles. The van der Waals surface area contributed by atoms with E-state index < -0.39 is 5.97 Å². The van der Waals surface area contributed by atoms with Crippen LogP contribution in [0, 0.1) is 0 Å².